The lowest BCUT2D eigenvalue weighted by atomic mass is 10.2. The number of hydrogen-bond donors (Lipinski definition) is 1. The fraction of sp³-hybridized carbons (Fsp3) is 0.231. The number of hydrogen-bond acceptors (Lipinski definition) is 3. The Labute approximate surface area is 99.0 Å². The predicted octanol–water partition coefficient (Wildman–Crippen LogP) is 1.79. The number of rotatable bonds is 1. The maximum atomic E-state index is 11.1. The third-order valence-corrected chi connectivity index (χ3v) is 2.18. The van der Waals surface area contributed by atoms with Gasteiger partial charge in [-0.1, -0.05) is 5.92 Å². The third kappa shape index (κ3) is 2.64. The minimum absolute atomic E-state index is 0.340. The van der Waals surface area contributed by atoms with Crippen molar-refractivity contribution in [1.29, 1.82) is 0 Å². The van der Waals surface area contributed by atoms with E-state index >= 15 is 0 Å². The average molecular weight is 228 g/mol. The topological polar surface area (TPSA) is 55.0 Å². The first-order valence-corrected chi connectivity index (χ1v) is 5.34. The smallest absolute Gasteiger partial charge is 0.384 e. The lowest BCUT2D eigenvalue weighted by Crippen LogP contribution is -1.99. The number of aromatic nitrogens is 2. The van der Waals surface area contributed by atoms with Gasteiger partial charge in [-0.25, -0.2) is 9.78 Å². The molecule has 2 rings (SSSR count). The zero-order valence-corrected chi connectivity index (χ0v) is 9.70. The van der Waals surface area contributed by atoms with Gasteiger partial charge in [0.15, 0.2) is 0 Å². The summed E-state index contributed by atoms with van der Waals surface area (Å²) in [5, 5.41) is 0. The summed E-state index contributed by atoms with van der Waals surface area (Å²) in [6, 6.07) is 5.56. The summed E-state index contributed by atoms with van der Waals surface area (Å²) >= 11 is 0. The van der Waals surface area contributed by atoms with Crippen molar-refractivity contribution >= 4 is 17.0 Å². The Morgan fingerprint density at radius 2 is 2.35 bits per heavy atom. The van der Waals surface area contributed by atoms with Crippen LogP contribution in [0.25, 0.3) is 11.0 Å². The summed E-state index contributed by atoms with van der Waals surface area (Å²) in [6.07, 6.45) is 0. The standard InChI is InChI=1S/C13H12N2O2/c1-3-17-13(16)7-5-10-4-6-11-12(8-10)15-9(2)14-11/h4,6,8H,3H2,1-2H3,(H,14,15). The van der Waals surface area contributed by atoms with Gasteiger partial charge in [0.05, 0.1) is 17.6 Å². The van der Waals surface area contributed by atoms with Gasteiger partial charge in [-0.2, -0.15) is 0 Å². The number of esters is 1. The highest BCUT2D eigenvalue weighted by Gasteiger charge is 1.99. The van der Waals surface area contributed by atoms with E-state index in [2.05, 4.69) is 21.8 Å². The van der Waals surface area contributed by atoms with Gasteiger partial charge in [0.1, 0.15) is 5.82 Å². The fourth-order valence-electron chi connectivity index (χ4n) is 1.51. The minimum Gasteiger partial charge on any atom is -0.456 e. The van der Waals surface area contributed by atoms with Crippen LogP contribution in [-0.4, -0.2) is 22.5 Å². The van der Waals surface area contributed by atoms with E-state index in [4.69, 9.17) is 4.74 Å². The molecule has 2 aromatic rings. The first kappa shape index (κ1) is 11.2. The van der Waals surface area contributed by atoms with Gasteiger partial charge < -0.3 is 9.72 Å². The average Bonchev–Trinajstić information content (AvgIpc) is 2.66. The van der Waals surface area contributed by atoms with Crippen LogP contribution >= 0.6 is 0 Å². The van der Waals surface area contributed by atoms with Gasteiger partial charge in [-0.05, 0) is 32.0 Å². The number of imidazole rings is 1. The molecule has 1 aromatic carbocycles. The van der Waals surface area contributed by atoms with Crippen molar-refractivity contribution in [1.82, 2.24) is 9.97 Å². The van der Waals surface area contributed by atoms with Crippen LogP contribution in [0.3, 0.4) is 0 Å². The van der Waals surface area contributed by atoms with Crippen molar-refractivity contribution in [3.05, 3.63) is 29.6 Å². The molecule has 1 heterocycles. The Morgan fingerprint density at radius 1 is 1.53 bits per heavy atom. The Bertz CT molecular complexity index is 617. The van der Waals surface area contributed by atoms with Crippen LogP contribution in [0.15, 0.2) is 18.2 Å². The number of carbonyl (C=O) groups is 1. The van der Waals surface area contributed by atoms with Crippen molar-refractivity contribution in [2.24, 2.45) is 0 Å². The van der Waals surface area contributed by atoms with E-state index in [9.17, 15) is 4.79 Å². The van der Waals surface area contributed by atoms with Crippen molar-refractivity contribution in [3.8, 4) is 11.8 Å². The zero-order chi connectivity index (χ0) is 12.3. The number of carbonyl (C=O) groups excluding carboxylic acids is 1. The maximum absolute atomic E-state index is 11.1. The molecule has 86 valence electrons. The summed E-state index contributed by atoms with van der Waals surface area (Å²) in [6.45, 7) is 3.98. The lowest BCUT2D eigenvalue weighted by molar-refractivity contribution is -0.136. The van der Waals surface area contributed by atoms with E-state index in [1.165, 1.54) is 0 Å². The van der Waals surface area contributed by atoms with Gasteiger partial charge >= 0.3 is 5.97 Å². The number of aromatic amines is 1. The molecular formula is C13H12N2O2. The molecule has 0 aliphatic rings. The van der Waals surface area contributed by atoms with Crippen LogP contribution in [0.4, 0.5) is 0 Å². The molecule has 1 aromatic heterocycles. The predicted molar refractivity (Wildman–Crippen MR) is 64.3 cm³/mol. The Kier molecular flexibility index (Phi) is 3.10. The fourth-order valence-corrected chi connectivity index (χ4v) is 1.51. The third-order valence-electron chi connectivity index (χ3n) is 2.18. The SMILES string of the molecule is CCOC(=O)C#Cc1ccc2nc(C)[nH]c2c1. The number of benzene rings is 1. The molecule has 0 saturated carbocycles. The van der Waals surface area contributed by atoms with E-state index in [-0.39, 0.29) is 0 Å². The summed E-state index contributed by atoms with van der Waals surface area (Å²) in [5.74, 6) is 5.54. The number of aryl methyl sites for hydroxylation is 1. The largest absolute Gasteiger partial charge is 0.456 e. The number of ether oxygens (including phenoxy) is 1. The number of fused-ring (bicyclic) bond motifs is 1. The lowest BCUT2D eigenvalue weighted by Gasteiger charge is -1.92. The molecule has 0 aliphatic heterocycles. The van der Waals surface area contributed by atoms with Crippen LogP contribution in [0.2, 0.25) is 0 Å². The first-order chi connectivity index (χ1) is 8.19. The molecule has 0 unspecified atom stereocenters. The molecule has 4 heteroatoms. The van der Waals surface area contributed by atoms with Gasteiger partial charge in [0.2, 0.25) is 0 Å². The highest BCUT2D eigenvalue weighted by Crippen LogP contribution is 2.12. The quantitative estimate of drug-likeness (QED) is 0.598. The minimum atomic E-state index is -0.506. The van der Waals surface area contributed by atoms with Crippen LogP contribution in [0.5, 0.6) is 0 Å². The molecule has 0 fully saturated rings. The van der Waals surface area contributed by atoms with Crippen LogP contribution in [-0.2, 0) is 9.53 Å². The van der Waals surface area contributed by atoms with E-state index in [0.29, 0.717) is 6.61 Å². The summed E-state index contributed by atoms with van der Waals surface area (Å²) in [4.78, 5) is 18.5. The molecule has 0 radical (unpaired) electrons. The monoisotopic (exact) mass is 228 g/mol. The van der Waals surface area contributed by atoms with Crippen LogP contribution in [0.1, 0.15) is 18.3 Å². The van der Waals surface area contributed by atoms with Gasteiger partial charge in [0.25, 0.3) is 0 Å². The maximum Gasteiger partial charge on any atom is 0.384 e. The highest BCUT2D eigenvalue weighted by atomic mass is 16.5. The number of nitrogens with zero attached hydrogens (tertiary/aromatic N) is 1. The molecule has 0 spiro atoms. The molecule has 1 N–H and O–H groups in total. The summed E-state index contributed by atoms with van der Waals surface area (Å²) in [7, 11) is 0. The molecule has 4 nitrogen and oxygen atoms in total. The number of H-pyrrole nitrogens is 1. The zero-order valence-electron chi connectivity index (χ0n) is 9.70. The molecule has 0 bridgehead atoms. The Balaban J connectivity index is 2.27. The van der Waals surface area contributed by atoms with Gasteiger partial charge in [0, 0.05) is 11.5 Å². The summed E-state index contributed by atoms with van der Waals surface area (Å²) in [5.41, 5.74) is 2.57. The normalized spacial score (nSPS) is 9.76. The second-order valence-electron chi connectivity index (χ2n) is 3.52. The van der Waals surface area contributed by atoms with E-state index in [1.54, 1.807) is 6.92 Å². The first-order valence-electron chi connectivity index (χ1n) is 5.34. The van der Waals surface area contributed by atoms with Crippen molar-refractivity contribution in [2.45, 2.75) is 13.8 Å². The molecule has 0 atom stereocenters. The Hall–Kier alpha value is -2.28. The molecule has 17 heavy (non-hydrogen) atoms. The number of nitrogens with one attached hydrogen (secondary N) is 1. The second kappa shape index (κ2) is 4.71. The van der Waals surface area contributed by atoms with Crippen LogP contribution < -0.4 is 0 Å². The van der Waals surface area contributed by atoms with Crippen molar-refractivity contribution in [2.75, 3.05) is 6.61 Å². The van der Waals surface area contributed by atoms with E-state index in [0.717, 1.165) is 22.4 Å². The van der Waals surface area contributed by atoms with Crippen LogP contribution in [0, 0.1) is 18.8 Å². The molecule has 0 saturated heterocycles. The molecular weight excluding hydrogens is 216 g/mol. The Morgan fingerprint density at radius 3 is 3.12 bits per heavy atom. The van der Waals surface area contributed by atoms with Crippen molar-refractivity contribution < 1.29 is 9.53 Å². The summed E-state index contributed by atoms with van der Waals surface area (Å²) < 4.78 is 4.72. The van der Waals surface area contributed by atoms with E-state index in [1.807, 2.05) is 25.1 Å². The van der Waals surface area contributed by atoms with Gasteiger partial charge in [-0.3, -0.25) is 0 Å². The van der Waals surface area contributed by atoms with E-state index < -0.39 is 5.97 Å². The molecule has 0 aliphatic carbocycles. The second-order valence-corrected chi connectivity index (χ2v) is 3.52. The molecule has 0 amide bonds. The van der Waals surface area contributed by atoms with Crippen molar-refractivity contribution in [3.63, 3.8) is 0 Å². The highest BCUT2D eigenvalue weighted by molar-refractivity contribution is 5.89. The van der Waals surface area contributed by atoms with Gasteiger partial charge in [-0.15, -0.1) is 0 Å².